The van der Waals surface area contributed by atoms with E-state index < -0.39 is 11.6 Å². The van der Waals surface area contributed by atoms with Crippen molar-refractivity contribution in [3.8, 4) is 0 Å². The summed E-state index contributed by atoms with van der Waals surface area (Å²) in [4.78, 5) is 29.7. The summed E-state index contributed by atoms with van der Waals surface area (Å²) in [7, 11) is 1.62. The number of thiophene rings is 1. The molecular formula is C16H22N2O4S. The summed E-state index contributed by atoms with van der Waals surface area (Å²) in [6.07, 6.45) is 2.03. The highest BCUT2D eigenvalue weighted by Crippen LogP contribution is 2.45. The second-order valence-electron chi connectivity index (χ2n) is 6.21. The molecule has 1 heterocycles. The number of hydrogen-bond donors (Lipinski definition) is 2. The standard InChI is InChI=1S/C16H22N2O4S/c1-9(18-22-16(2,3)15(20)21)10-5-6-11(10)12-7-8-13(23-12)14(19)17-4/h7-8,10-11H,5-6H2,1-4H3,(H,17,19)(H,20,21)/b18-9+. The molecular weight excluding hydrogens is 316 g/mol. The van der Waals surface area contributed by atoms with Crippen molar-refractivity contribution in [2.24, 2.45) is 11.1 Å². The van der Waals surface area contributed by atoms with E-state index in [1.54, 1.807) is 7.05 Å². The van der Waals surface area contributed by atoms with Gasteiger partial charge in [-0.25, -0.2) is 4.79 Å². The van der Waals surface area contributed by atoms with Crippen molar-refractivity contribution in [3.05, 3.63) is 21.9 Å². The minimum absolute atomic E-state index is 0.0750. The van der Waals surface area contributed by atoms with Crippen LogP contribution in [0.3, 0.4) is 0 Å². The third kappa shape index (κ3) is 3.72. The maximum absolute atomic E-state index is 11.6. The molecule has 1 fully saturated rings. The number of nitrogens with zero attached hydrogens (tertiary/aromatic N) is 1. The van der Waals surface area contributed by atoms with Crippen molar-refractivity contribution < 1.29 is 19.5 Å². The molecule has 1 saturated carbocycles. The zero-order valence-electron chi connectivity index (χ0n) is 13.8. The Labute approximate surface area is 139 Å². The van der Waals surface area contributed by atoms with Gasteiger partial charge in [-0.05, 0) is 45.7 Å². The molecule has 2 unspecified atom stereocenters. The molecule has 0 bridgehead atoms. The summed E-state index contributed by atoms with van der Waals surface area (Å²) in [5, 5.41) is 15.7. The summed E-state index contributed by atoms with van der Waals surface area (Å²) in [5.41, 5.74) is -0.541. The molecule has 1 aliphatic rings. The Kier molecular flexibility index (Phi) is 5.09. The Hall–Kier alpha value is -1.89. The Morgan fingerprint density at radius 1 is 1.39 bits per heavy atom. The second-order valence-corrected chi connectivity index (χ2v) is 7.33. The highest BCUT2D eigenvalue weighted by Gasteiger charge is 2.36. The fraction of sp³-hybridized carbons (Fsp3) is 0.562. The van der Waals surface area contributed by atoms with E-state index in [-0.39, 0.29) is 11.8 Å². The van der Waals surface area contributed by atoms with Crippen LogP contribution in [-0.4, -0.2) is 35.3 Å². The van der Waals surface area contributed by atoms with Gasteiger partial charge in [0.15, 0.2) is 0 Å². The van der Waals surface area contributed by atoms with Gasteiger partial charge in [0.1, 0.15) is 0 Å². The van der Waals surface area contributed by atoms with E-state index in [1.165, 1.54) is 25.2 Å². The lowest BCUT2D eigenvalue weighted by Crippen LogP contribution is -2.35. The number of oxime groups is 1. The van der Waals surface area contributed by atoms with Gasteiger partial charge in [-0.1, -0.05) is 5.16 Å². The van der Waals surface area contributed by atoms with E-state index in [4.69, 9.17) is 9.94 Å². The molecule has 6 nitrogen and oxygen atoms in total. The molecule has 23 heavy (non-hydrogen) atoms. The maximum Gasteiger partial charge on any atom is 0.350 e. The monoisotopic (exact) mass is 338 g/mol. The smallest absolute Gasteiger partial charge is 0.350 e. The van der Waals surface area contributed by atoms with Gasteiger partial charge in [0.25, 0.3) is 5.91 Å². The number of amides is 1. The summed E-state index contributed by atoms with van der Waals surface area (Å²) in [6, 6.07) is 3.83. The van der Waals surface area contributed by atoms with Crippen LogP contribution >= 0.6 is 11.3 Å². The fourth-order valence-electron chi connectivity index (χ4n) is 2.43. The third-order valence-electron chi connectivity index (χ3n) is 4.19. The number of hydrogen-bond acceptors (Lipinski definition) is 5. The molecule has 2 N–H and O–H groups in total. The van der Waals surface area contributed by atoms with Crippen molar-refractivity contribution >= 4 is 28.9 Å². The summed E-state index contributed by atoms with van der Waals surface area (Å²) < 4.78 is 0. The van der Waals surface area contributed by atoms with Gasteiger partial charge in [-0.3, -0.25) is 4.79 Å². The fourth-order valence-corrected chi connectivity index (χ4v) is 3.59. The van der Waals surface area contributed by atoms with Crippen molar-refractivity contribution in [2.75, 3.05) is 7.05 Å². The predicted octanol–water partition coefficient (Wildman–Crippen LogP) is 2.86. The van der Waals surface area contributed by atoms with E-state index in [0.29, 0.717) is 10.8 Å². The van der Waals surface area contributed by atoms with Gasteiger partial charge in [0.05, 0.1) is 10.6 Å². The van der Waals surface area contributed by atoms with Gasteiger partial charge >= 0.3 is 5.97 Å². The number of carboxylic acid groups (broad SMARTS) is 1. The zero-order valence-corrected chi connectivity index (χ0v) is 14.6. The molecule has 126 valence electrons. The van der Waals surface area contributed by atoms with E-state index in [2.05, 4.69) is 10.5 Å². The average molecular weight is 338 g/mol. The van der Waals surface area contributed by atoms with Gasteiger partial charge in [-0.15, -0.1) is 11.3 Å². The largest absolute Gasteiger partial charge is 0.478 e. The Morgan fingerprint density at radius 3 is 2.61 bits per heavy atom. The summed E-state index contributed by atoms with van der Waals surface area (Å²) >= 11 is 1.50. The van der Waals surface area contributed by atoms with E-state index in [0.717, 1.165) is 23.4 Å². The first kappa shape index (κ1) is 17.5. The molecule has 2 rings (SSSR count). The molecule has 1 aromatic rings. The van der Waals surface area contributed by atoms with Crippen molar-refractivity contribution in [2.45, 2.75) is 45.1 Å². The Balaban J connectivity index is 2.05. The lowest BCUT2D eigenvalue weighted by atomic mass is 9.70. The van der Waals surface area contributed by atoms with Crippen LogP contribution in [0, 0.1) is 5.92 Å². The third-order valence-corrected chi connectivity index (χ3v) is 5.40. The van der Waals surface area contributed by atoms with Crippen LogP contribution in [0.5, 0.6) is 0 Å². The van der Waals surface area contributed by atoms with Gasteiger partial charge in [-0.2, -0.15) is 0 Å². The topological polar surface area (TPSA) is 88.0 Å². The maximum atomic E-state index is 11.6. The molecule has 0 aliphatic heterocycles. The van der Waals surface area contributed by atoms with Gasteiger partial charge < -0.3 is 15.3 Å². The first-order chi connectivity index (χ1) is 10.8. The molecule has 7 heteroatoms. The average Bonchev–Trinajstić information content (AvgIpc) is 2.92. The van der Waals surface area contributed by atoms with Crippen molar-refractivity contribution in [3.63, 3.8) is 0 Å². The number of nitrogens with one attached hydrogen (secondary N) is 1. The number of aliphatic carboxylic acids is 1. The zero-order chi connectivity index (χ0) is 17.2. The number of carbonyl (C=O) groups is 2. The van der Waals surface area contributed by atoms with Crippen LogP contribution in [0.15, 0.2) is 17.3 Å². The Bertz CT molecular complexity index is 636. The highest BCUT2D eigenvalue weighted by atomic mass is 32.1. The van der Waals surface area contributed by atoms with Gasteiger partial charge in [0, 0.05) is 23.8 Å². The van der Waals surface area contributed by atoms with E-state index >= 15 is 0 Å². The molecule has 2 atom stereocenters. The van der Waals surface area contributed by atoms with Crippen LogP contribution in [0.2, 0.25) is 0 Å². The molecule has 0 radical (unpaired) electrons. The number of carbonyl (C=O) groups excluding carboxylic acids is 1. The SMILES string of the molecule is CNC(=O)c1ccc(C2CCC2/C(C)=N/OC(C)(C)C(=O)O)s1. The lowest BCUT2D eigenvalue weighted by molar-refractivity contribution is -0.161. The minimum Gasteiger partial charge on any atom is -0.478 e. The number of carboxylic acids is 1. The van der Waals surface area contributed by atoms with Crippen LogP contribution < -0.4 is 5.32 Å². The van der Waals surface area contributed by atoms with Crippen LogP contribution in [-0.2, 0) is 9.63 Å². The first-order valence-electron chi connectivity index (χ1n) is 7.54. The molecule has 1 aromatic heterocycles. The molecule has 0 spiro atoms. The molecule has 0 aromatic carbocycles. The minimum atomic E-state index is -1.34. The predicted molar refractivity (Wildman–Crippen MR) is 89.1 cm³/mol. The highest BCUT2D eigenvalue weighted by molar-refractivity contribution is 7.14. The molecule has 0 saturated heterocycles. The van der Waals surface area contributed by atoms with E-state index in [9.17, 15) is 9.59 Å². The lowest BCUT2D eigenvalue weighted by Gasteiger charge is -2.36. The van der Waals surface area contributed by atoms with E-state index in [1.807, 2.05) is 19.1 Å². The summed E-state index contributed by atoms with van der Waals surface area (Å²) in [5.74, 6) is -0.573. The second kappa shape index (κ2) is 6.70. The molecule has 1 aliphatic carbocycles. The summed E-state index contributed by atoms with van der Waals surface area (Å²) in [6.45, 7) is 4.81. The van der Waals surface area contributed by atoms with Crippen molar-refractivity contribution in [1.82, 2.24) is 5.32 Å². The first-order valence-corrected chi connectivity index (χ1v) is 8.35. The number of rotatable bonds is 6. The van der Waals surface area contributed by atoms with Crippen LogP contribution in [0.4, 0.5) is 0 Å². The van der Waals surface area contributed by atoms with Gasteiger partial charge in [0.2, 0.25) is 5.60 Å². The van der Waals surface area contributed by atoms with Crippen molar-refractivity contribution in [1.29, 1.82) is 0 Å². The normalized spacial score (nSPS) is 21.5. The molecule has 1 amide bonds. The quantitative estimate of drug-likeness (QED) is 0.617. The Morgan fingerprint density at radius 2 is 2.09 bits per heavy atom. The van der Waals surface area contributed by atoms with Crippen LogP contribution in [0.25, 0.3) is 0 Å². The van der Waals surface area contributed by atoms with Crippen LogP contribution in [0.1, 0.15) is 54.1 Å².